The zero-order chi connectivity index (χ0) is 28.5. The molecule has 208 valence electrons. The number of carbonyl (C=O) groups is 2. The third-order valence-corrected chi connectivity index (χ3v) is 5.24. The summed E-state index contributed by atoms with van der Waals surface area (Å²) in [6.07, 6.45) is 9.40. The maximum atomic E-state index is 12.3. The van der Waals surface area contributed by atoms with Crippen LogP contribution >= 0.6 is 0 Å². The summed E-state index contributed by atoms with van der Waals surface area (Å²) in [5, 5.41) is 11.5. The average molecular weight is 519 g/mol. The molecular weight excluding hydrogens is 471 g/mol. The van der Waals surface area contributed by atoms with Gasteiger partial charge in [0.05, 0.1) is 12.4 Å². The van der Waals surface area contributed by atoms with E-state index in [0.717, 1.165) is 18.8 Å². The molecule has 0 spiro atoms. The van der Waals surface area contributed by atoms with Gasteiger partial charge in [-0.2, -0.15) is 0 Å². The van der Waals surface area contributed by atoms with E-state index in [-0.39, 0.29) is 30.1 Å². The summed E-state index contributed by atoms with van der Waals surface area (Å²) in [4.78, 5) is 34.1. The molecule has 0 saturated heterocycles. The van der Waals surface area contributed by atoms with Gasteiger partial charge in [-0.3, -0.25) is 9.59 Å². The Kier molecular flexibility index (Phi) is 23.9. The summed E-state index contributed by atoms with van der Waals surface area (Å²) in [6.45, 7) is 18.2. The lowest BCUT2D eigenvalue weighted by molar-refractivity contribution is -0.120. The van der Waals surface area contributed by atoms with Gasteiger partial charge in [0.25, 0.3) is 0 Å². The highest BCUT2D eigenvalue weighted by molar-refractivity contribution is 5.92. The lowest BCUT2D eigenvalue weighted by Gasteiger charge is -2.15. The number of anilines is 1. The van der Waals surface area contributed by atoms with Crippen LogP contribution in [0.2, 0.25) is 0 Å². The predicted molar refractivity (Wildman–Crippen MR) is 154 cm³/mol. The molecule has 2 atom stereocenters. The van der Waals surface area contributed by atoms with Gasteiger partial charge in [-0.25, -0.2) is 4.39 Å². The first kappa shape index (κ1) is 36.0. The van der Waals surface area contributed by atoms with E-state index >= 15 is 0 Å². The van der Waals surface area contributed by atoms with Crippen molar-refractivity contribution in [3.8, 4) is 0 Å². The van der Waals surface area contributed by atoms with Crippen LogP contribution in [0.1, 0.15) is 66.7 Å². The summed E-state index contributed by atoms with van der Waals surface area (Å²) < 4.78 is 11.5. The van der Waals surface area contributed by atoms with E-state index in [9.17, 15) is 18.9 Å². The Hall–Kier alpha value is -3.13. The number of benzene rings is 1. The van der Waals surface area contributed by atoms with E-state index in [2.05, 4.69) is 48.1 Å². The van der Waals surface area contributed by atoms with Crippen molar-refractivity contribution in [3.05, 3.63) is 66.4 Å². The second kappa shape index (κ2) is 24.6. The zero-order valence-corrected chi connectivity index (χ0v) is 23.3. The molecule has 0 aromatic heterocycles. The van der Waals surface area contributed by atoms with Crippen LogP contribution < -0.4 is 16.0 Å². The third kappa shape index (κ3) is 21.8. The predicted octanol–water partition coefficient (Wildman–Crippen LogP) is 7.21. The Bertz CT molecular complexity index is 806. The quantitative estimate of drug-likeness (QED) is 0.0988. The van der Waals surface area contributed by atoms with Gasteiger partial charge in [-0.05, 0) is 80.6 Å². The molecule has 3 N–H and O–H groups in total. The van der Waals surface area contributed by atoms with Crippen LogP contribution in [0.4, 0.5) is 15.8 Å². The summed E-state index contributed by atoms with van der Waals surface area (Å²) in [5.41, 5.74) is 0.961. The molecular formula is C29H47FN4O3. The van der Waals surface area contributed by atoms with E-state index in [1.807, 2.05) is 19.9 Å². The van der Waals surface area contributed by atoms with Crippen LogP contribution in [-0.2, 0) is 9.59 Å². The van der Waals surface area contributed by atoms with Gasteiger partial charge in [-0.15, -0.1) is 11.5 Å². The number of halogens is 1. The molecule has 0 radical (unpaired) electrons. The maximum Gasteiger partial charge on any atom is 0.233 e. The van der Waals surface area contributed by atoms with Crippen molar-refractivity contribution in [2.45, 2.75) is 66.7 Å². The van der Waals surface area contributed by atoms with Crippen LogP contribution in [0, 0.1) is 16.7 Å². The fourth-order valence-electron chi connectivity index (χ4n) is 2.79. The van der Waals surface area contributed by atoms with Crippen molar-refractivity contribution >= 4 is 23.2 Å². The van der Waals surface area contributed by atoms with Crippen molar-refractivity contribution in [1.29, 1.82) is 0 Å². The average Bonchev–Trinajstić information content (AvgIpc) is 2.88. The summed E-state index contributed by atoms with van der Waals surface area (Å²) in [7, 11) is 0. The van der Waals surface area contributed by atoms with Crippen LogP contribution in [0.25, 0.3) is 0 Å². The number of hydrogen-bond donors (Lipinski definition) is 3. The molecule has 0 aliphatic rings. The normalized spacial score (nSPS) is 11.9. The van der Waals surface area contributed by atoms with Gasteiger partial charge in [0.15, 0.2) is 0 Å². The Labute approximate surface area is 223 Å². The Morgan fingerprint density at radius 3 is 2.14 bits per heavy atom. The molecule has 2 amide bonds. The van der Waals surface area contributed by atoms with Crippen molar-refractivity contribution in [1.82, 2.24) is 10.6 Å². The second-order valence-electron chi connectivity index (χ2n) is 8.57. The number of allylic oxidation sites excluding steroid dienone is 4. The summed E-state index contributed by atoms with van der Waals surface area (Å²) in [6, 6.07) is 6.41. The molecule has 0 heterocycles. The van der Waals surface area contributed by atoms with Gasteiger partial charge in [0.1, 0.15) is 5.69 Å². The number of amides is 2. The van der Waals surface area contributed by atoms with E-state index < -0.39 is 0 Å². The van der Waals surface area contributed by atoms with Crippen molar-refractivity contribution in [2.24, 2.45) is 17.0 Å². The van der Waals surface area contributed by atoms with Crippen molar-refractivity contribution in [3.63, 3.8) is 0 Å². The number of nitroso groups, excluding NO2 is 1. The number of nitrogens with one attached hydrogen (secondary N) is 3. The van der Waals surface area contributed by atoms with E-state index in [1.165, 1.54) is 25.5 Å². The standard InChI is InChI=1S/C17H26N4O3.C7H14.C5H7F/c1-3-10-19-16(22)12-18-11-9-13(4-2)17(23)20-14-5-7-15(21-24)8-6-14;1-4-6-7(3)5-2;1-3-4-5(2)6/h5-8,13,18H,3-4,9-12H2,1-2H3,(H,19,22)(H,20,23);4,7H,1,5-6H2,2-3H3;3-4H,1H2,2H3/b;;5-4+. The van der Waals surface area contributed by atoms with E-state index in [0.29, 0.717) is 37.3 Å². The second-order valence-corrected chi connectivity index (χ2v) is 8.57. The van der Waals surface area contributed by atoms with Gasteiger partial charge in [0.2, 0.25) is 11.8 Å². The van der Waals surface area contributed by atoms with Crippen LogP contribution in [0.5, 0.6) is 0 Å². The molecule has 2 unspecified atom stereocenters. The molecule has 0 fully saturated rings. The SMILES string of the molecule is C=C/C=C(\C)F.C=CCC(C)CC.CCCNC(=O)CNCCC(CC)C(=O)Nc1ccc(N=O)cc1. The highest BCUT2D eigenvalue weighted by Crippen LogP contribution is 2.17. The van der Waals surface area contributed by atoms with Gasteiger partial charge >= 0.3 is 0 Å². The monoisotopic (exact) mass is 518 g/mol. The largest absolute Gasteiger partial charge is 0.355 e. The molecule has 37 heavy (non-hydrogen) atoms. The number of nitrogens with zero attached hydrogens (tertiary/aromatic N) is 1. The Balaban J connectivity index is 0. The summed E-state index contributed by atoms with van der Waals surface area (Å²) >= 11 is 0. The number of carbonyl (C=O) groups excluding carboxylic acids is 2. The lowest BCUT2D eigenvalue weighted by atomic mass is 10.0. The minimum Gasteiger partial charge on any atom is -0.355 e. The minimum atomic E-state index is -0.204. The smallest absolute Gasteiger partial charge is 0.233 e. The first-order valence-electron chi connectivity index (χ1n) is 13.0. The number of hydrogen-bond acceptors (Lipinski definition) is 5. The zero-order valence-electron chi connectivity index (χ0n) is 23.3. The van der Waals surface area contributed by atoms with Crippen LogP contribution in [-0.4, -0.2) is 31.4 Å². The van der Waals surface area contributed by atoms with Gasteiger partial charge in [-0.1, -0.05) is 52.8 Å². The lowest BCUT2D eigenvalue weighted by Crippen LogP contribution is -2.35. The van der Waals surface area contributed by atoms with Gasteiger partial charge in [0, 0.05) is 18.2 Å². The molecule has 0 aliphatic carbocycles. The van der Waals surface area contributed by atoms with Crippen molar-refractivity contribution < 1.29 is 14.0 Å². The Morgan fingerprint density at radius 2 is 1.73 bits per heavy atom. The summed E-state index contributed by atoms with van der Waals surface area (Å²) in [5.74, 6) is 0.391. The number of rotatable bonds is 15. The molecule has 8 heteroatoms. The van der Waals surface area contributed by atoms with Gasteiger partial charge < -0.3 is 16.0 Å². The fourth-order valence-corrected chi connectivity index (χ4v) is 2.79. The van der Waals surface area contributed by atoms with Crippen LogP contribution in [0.15, 0.2) is 66.7 Å². The Morgan fingerprint density at radius 1 is 1.08 bits per heavy atom. The molecule has 7 nitrogen and oxygen atoms in total. The molecule has 0 aliphatic heterocycles. The highest BCUT2D eigenvalue weighted by Gasteiger charge is 2.16. The first-order chi connectivity index (χ1) is 17.7. The molecule has 1 rings (SSSR count). The molecule has 1 aromatic carbocycles. The first-order valence-corrected chi connectivity index (χ1v) is 13.0. The minimum absolute atomic E-state index is 0.0294. The highest BCUT2D eigenvalue weighted by atomic mass is 19.1. The molecule has 0 saturated carbocycles. The van der Waals surface area contributed by atoms with Crippen molar-refractivity contribution in [2.75, 3.05) is 25.0 Å². The molecule has 0 bridgehead atoms. The fraction of sp³-hybridized carbons (Fsp3) is 0.517. The third-order valence-electron chi connectivity index (χ3n) is 5.24. The molecule has 1 aromatic rings. The van der Waals surface area contributed by atoms with Crippen LogP contribution in [0.3, 0.4) is 0 Å². The van der Waals surface area contributed by atoms with E-state index in [1.54, 1.807) is 24.3 Å². The maximum absolute atomic E-state index is 12.3. The topological polar surface area (TPSA) is 99.7 Å². The van der Waals surface area contributed by atoms with E-state index in [4.69, 9.17) is 0 Å².